The van der Waals surface area contributed by atoms with Crippen molar-refractivity contribution < 1.29 is 14.7 Å². The number of rotatable bonds is 2. The Kier molecular flexibility index (Phi) is 3.19. The molecule has 1 aliphatic rings. The Morgan fingerprint density at radius 3 is 2.76 bits per heavy atom. The third-order valence-electron chi connectivity index (χ3n) is 2.93. The molecule has 1 aliphatic heterocycles. The summed E-state index contributed by atoms with van der Waals surface area (Å²) >= 11 is 3.40. The molecule has 1 saturated heterocycles. The lowest BCUT2D eigenvalue weighted by Crippen LogP contribution is -2.26. The minimum absolute atomic E-state index is 0.0795. The normalized spacial score (nSPS) is 19.8. The molecule has 5 heteroatoms. The van der Waals surface area contributed by atoms with Gasteiger partial charge in [-0.25, -0.2) is 0 Å². The van der Waals surface area contributed by atoms with Crippen LogP contribution in [0.5, 0.6) is 0 Å². The van der Waals surface area contributed by atoms with Crippen molar-refractivity contribution in [1.29, 1.82) is 0 Å². The maximum absolute atomic E-state index is 11.8. The smallest absolute Gasteiger partial charge is 0.308 e. The standard InChI is InChI=1S/C12H12BrNO3/c1-7-3-2-4-9(13)11(7)14-6-8(12(16)17)5-10(14)15/h2-4,8H,5-6H2,1H3,(H,16,17). The summed E-state index contributed by atoms with van der Waals surface area (Å²) in [5.41, 5.74) is 1.74. The molecule has 1 unspecified atom stereocenters. The topological polar surface area (TPSA) is 57.6 Å². The first-order chi connectivity index (χ1) is 8.00. The van der Waals surface area contributed by atoms with Gasteiger partial charge in [0.25, 0.3) is 0 Å². The van der Waals surface area contributed by atoms with Gasteiger partial charge in [-0.1, -0.05) is 12.1 Å². The quantitative estimate of drug-likeness (QED) is 0.910. The molecule has 1 heterocycles. The highest BCUT2D eigenvalue weighted by Gasteiger charge is 2.36. The Morgan fingerprint density at radius 1 is 1.53 bits per heavy atom. The van der Waals surface area contributed by atoms with Gasteiger partial charge in [-0.15, -0.1) is 0 Å². The number of hydrogen-bond acceptors (Lipinski definition) is 2. The molecular weight excluding hydrogens is 286 g/mol. The highest BCUT2D eigenvalue weighted by molar-refractivity contribution is 9.10. The highest BCUT2D eigenvalue weighted by atomic mass is 79.9. The van der Waals surface area contributed by atoms with Gasteiger partial charge >= 0.3 is 5.97 Å². The molecule has 2 rings (SSSR count). The van der Waals surface area contributed by atoms with Gasteiger partial charge in [0.15, 0.2) is 0 Å². The number of aliphatic carboxylic acids is 1. The number of carbonyl (C=O) groups is 2. The minimum Gasteiger partial charge on any atom is -0.481 e. The summed E-state index contributed by atoms with van der Waals surface area (Å²) < 4.78 is 0.817. The highest BCUT2D eigenvalue weighted by Crippen LogP contribution is 2.34. The molecule has 0 saturated carbocycles. The summed E-state index contributed by atoms with van der Waals surface area (Å²) in [4.78, 5) is 24.3. The van der Waals surface area contributed by atoms with Crippen LogP contribution in [0.25, 0.3) is 0 Å². The van der Waals surface area contributed by atoms with Gasteiger partial charge in [-0.05, 0) is 34.5 Å². The van der Waals surface area contributed by atoms with E-state index < -0.39 is 11.9 Å². The molecule has 0 aromatic heterocycles. The maximum Gasteiger partial charge on any atom is 0.308 e. The zero-order chi connectivity index (χ0) is 12.6. The molecule has 0 aliphatic carbocycles. The summed E-state index contributed by atoms with van der Waals surface area (Å²) in [7, 11) is 0. The average molecular weight is 298 g/mol. The van der Waals surface area contributed by atoms with E-state index in [-0.39, 0.29) is 18.9 Å². The molecule has 1 aromatic carbocycles. The van der Waals surface area contributed by atoms with E-state index in [9.17, 15) is 9.59 Å². The number of nitrogens with zero attached hydrogens (tertiary/aromatic N) is 1. The fourth-order valence-electron chi connectivity index (χ4n) is 2.05. The number of hydrogen-bond donors (Lipinski definition) is 1. The molecule has 90 valence electrons. The first kappa shape index (κ1) is 12.1. The molecule has 17 heavy (non-hydrogen) atoms. The lowest BCUT2D eigenvalue weighted by Gasteiger charge is -2.20. The van der Waals surface area contributed by atoms with Crippen molar-refractivity contribution in [3.8, 4) is 0 Å². The third kappa shape index (κ3) is 2.20. The van der Waals surface area contributed by atoms with Crippen LogP contribution in [0.4, 0.5) is 5.69 Å². The number of carboxylic acid groups (broad SMARTS) is 1. The maximum atomic E-state index is 11.8. The summed E-state index contributed by atoms with van der Waals surface area (Å²) in [6, 6.07) is 5.64. The van der Waals surface area contributed by atoms with Crippen LogP contribution >= 0.6 is 15.9 Å². The van der Waals surface area contributed by atoms with Gasteiger partial charge in [0.1, 0.15) is 0 Å². The van der Waals surface area contributed by atoms with E-state index in [4.69, 9.17) is 5.11 Å². The number of carboxylic acids is 1. The number of aryl methyl sites for hydroxylation is 1. The zero-order valence-electron chi connectivity index (χ0n) is 9.31. The van der Waals surface area contributed by atoms with E-state index in [1.54, 1.807) is 4.90 Å². The second-order valence-electron chi connectivity index (χ2n) is 4.15. The summed E-state index contributed by atoms with van der Waals surface area (Å²) in [5, 5.41) is 8.94. The van der Waals surface area contributed by atoms with E-state index in [0.717, 1.165) is 15.7 Å². The van der Waals surface area contributed by atoms with E-state index in [0.29, 0.717) is 0 Å². The van der Waals surface area contributed by atoms with Crippen LogP contribution in [0.2, 0.25) is 0 Å². The summed E-state index contributed by atoms with van der Waals surface area (Å²) in [6.45, 7) is 2.15. The van der Waals surface area contributed by atoms with Crippen molar-refractivity contribution in [2.75, 3.05) is 11.4 Å². The number of benzene rings is 1. The number of halogens is 1. The van der Waals surface area contributed by atoms with Crippen molar-refractivity contribution in [2.45, 2.75) is 13.3 Å². The zero-order valence-corrected chi connectivity index (χ0v) is 10.9. The van der Waals surface area contributed by atoms with Crippen LogP contribution in [-0.4, -0.2) is 23.5 Å². The van der Waals surface area contributed by atoms with Crippen LogP contribution in [0, 0.1) is 12.8 Å². The van der Waals surface area contributed by atoms with Crippen molar-refractivity contribution in [3.63, 3.8) is 0 Å². The predicted molar refractivity (Wildman–Crippen MR) is 67.0 cm³/mol. The van der Waals surface area contributed by atoms with E-state index >= 15 is 0 Å². The van der Waals surface area contributed by atoms with Gasteiger partial charge in [0.2, 0.25) is 5.91 Å². The molecule has 4 nitrogen and oxygen atoms in total. The van der Waals surface area contributed by atoms with Crippen molar-refractivity contribution in [1.82, 2.24) is 0 Å². The fraction of sp³-hybridized carbons (Fsp3) is 0.333. The van der Waals surface area contributed by atoms with E-state index in [1.165, 1.54) is 0 Å². The fourth-order valence-corrected chi connectivity index (χ4v) is 2.73. The van der Waals surface area contributed by atoms with Gasteiger partial charge in [0.05, 0.1) is 11.6 Å². The Balaban J connectivity index is 2.35. The van der Waals surface area contributed by atoms with Crippen LogP contribution in [-0.2, 0) is 9.59 Å². The van der Waals surface area contributed by atoms with E-state index in [2.05, 4.69) is 15.9 Å². The SMILES string of the molecule is Cc1cccc(Br)c1N1CC(C(=O)O)CC1=O. The van der Waals surface area contributed by atoms with Gasteiger partial charge in [-0.3, -0.25) is 9.59 Å². The average Bonchev–Trinajstić information content (AvgIpc) is 2.61. The molecule has 0 spiro atoms. The van der Waals surface area contributed by atoms with Crippen molar-refractivity contribution in [3.05, 3.63) is 28.2 Å². The molecule has 1 fully saturated rings. The van der Waals surface area contributed by atoms with Crippen LogP contribution in [0.3, 0.4) is 0 Å². The molecule has 1 aromatic rings. The first-order valence-corrected chi connectivity index (χ1v) is 6.08. The Hall–Kier alpha value is -1.36. The Morgan fingerprint density at radius 2 is 2.24 bits per heavy atom. The van der Waals surface area contributed by atoms with Gasteiger partial charge in [-0.2, -0.15) is 0 Å². The molecule has 1 atom stereocenters. The van der Waals surface area contributed by atoms with Crippen LogP contribution in [0.1, 0.15) is 12.0 Å². The number of amides is 1. The minimum atomic E-state index is -0.912. The lowest BCUT2D eigenvalue weighted by atomic mass is 10.1. The second-order valence-corrected chi connectivity index (χ2v) is 5.00. The molecule has 0 radical (unpaired) electrons. The van der Waals surface area contributed by atoms with Crippen LogP contribution in [0.15, 0.2) is 22.7 Å². The lowest BCUT2D eigenvalue weighted by molar-refractivity contribution is -0.141. The molecule has 0 bridgehead atoms. The molecule has 1 N–H and O–H groups in total. The van der Waals surface area contributed by atoms with E-state index in [1.807, 2.05) is 25.1 Å². The van der Waals surface area contributed by atoms with Gasteiger partial charge in [0, 0.05) is 17.4 Å². The largest absolute Gasteiger partial charge is 0.481 e. The van der Waals surface area contributed by atoms with Crippen LogP contribution < -0.4 is 4.90 Å². The van der Waals surface area contributed by atoms with Crippen molar-refractivity contribution in [2.24, 2.45) is 5.92 Å². The molecule has 1 amide bonds. The first-order valence-electron chi connectivity index (χ1n) is 5.29. The summed E-state index contributed by atoms with van der Waals surface area (Å²) in [6.07, 6.45) is 0.0795. The second kappa shape index (κ2) is 4.49. The number of para-hydroxylation sites is 1. The number of carbonyl (C=O) groups excluding carboxylic acids is 1. The molecular formula is C12H12BrNO3. The predicted octanol–water partition coefficient (Wildman–Crippen LogP) is 2.20. The van der Waals surface area contributed by atoms with Crippen molar-refractivity contribution >= 4 is 33.5 Å². The Bertz CT molecular complexity index is 466. The Labute approximate surface area is 107 Å². The van der Waals surface area contributed by atoms with Gasteiger partial charge < -0.3 is 10.0 Å². The third-order valence-corrected chi connectivity index (χ3v) is 3.57. The number of anilines is 1. The monoisotopic (exact) mass is 297 g/mol. The summed E-state index contributed by atoms with van der Waals surface area (Å²) in [5.74, 6) is -1.65.